The van der Waals surface area contributed by atoms with Gasteiger partial charge in [0.1, 0.15) is 17.7 Å². The second-order valence-electron chi connectivity index (χ2n) is 7.01. The van der Waals surface area contributed by atoms with Crippen molar-refractivity contribution in [1.29, 1.82) is 0 Å². The maximum absolute atomic E-state index is 14.4. The van der Waals surface area contributed by atoms with Crippen LogP contribution in [0.25, 0.3) is 11.1 Å². The average Bonchev–Trinajstić information content (AvgIpc) is 3.14. The lowest BCUT2D eigenvalue weighted by molar-refractivity contribution is -0.119. The molecule has 0 bridgehead atoms. The highest BCUT2D eigenvalue weighted by molar-refractivity contribution is 5.90. The summed E-state index contributed by atoms with van der Waals surface area (Å²) >= 11 is 0. The number of nitrogens with zero attached hydrogens (tertiary/aromatic N) is 2. The highest BCUT2D eigenvalue weighted by Gasteiger charge is 2.32. The van der Waals surface area contributed by atoms with E-state index in [9.17, 15) is 18.4 Å². The molecule has 0 radical (unpaired) electrons. The maximum atomic E-state index is 14.4. The predicted octanol–water partition coefficient (Wildman–Crippen LogP) is 3.76. The van der Waals surface area contributed by atoms with Crippen LogP contribution in [0.1, 0.15) is 6.92 Å². The zero-order chi connectivity index (χ0) is 23.1. The molecule has 0 spiro atoms. The Kier molecular flexibility index (Phi) is 7.33. The summed E-state index contributed by atoms with van der Waals surface area (Å²) < 4.78 is 31.7. The summed E-state index contributed by atoms with van der Waals surface area (Å²) in [4.78, 5) is 28.1. The lowest BCUT2D eigenvalue weighted by atomic mass is 10.1. The summed E-state index contributed by atoms with van der Waals surface area (Å²) in [7, 11) is 0. The molecule has 4 rings (SSSR count). The number of aromatic nitrogens is 1. The maximum Gasteiger partial charge on any atom is 0.414 e. The van der Waals surface area contributed by atoms with E-state index in [1.165, 1.54) is 30.0 Å². The van der Waals surface area contributed by atoms with Gasteiger partial charge in [0.15, 0.2) is 0 Å². The Balaban J connectivity index is 0.000000305. The minimum absolute atomic E-state index is 0.197. The number of hydrogen-bond donors (Lipinski definition) is 2. The van der Waals surface area contributed by atoms with E-state index in [2.05, 4.69) is 10.3 Å². The Bertz CT molecular complexity index is 1080. The van der Waals surface area contributed by atoms with E-state index in [0.717, 1.165) is 0 Å². The van der Waals surface area contributed by atoms with Gasteiger partial charge in [-0.15, -0.1) is 0 Å². The molecular weight excluding hydrogens is 418 g/mol. The highest BCUT2D eigenvalue weighted by Crippen LogP contribution is 2.28. The quantitative estimate of drug-likeness (QED) is 0.602. The van der Waals surface area contributed by atoms with E-state index in [-0.39, 0.29) is 24.8 Å². The van der Waals surface area contributed by atoms with E-state index in [4.69, 9.17) is 10.5 Å². The van der Waals surface area contributed by atoms with E-state index in [1.807, 2.05) is 0 Å². The predicted molar refractivity (Wildman–Crippen MR) is 117 cm³/mol. The molecule has 1 saturated heterocycles. The second-order valence-corrected chi connectivity index (χ2v) is 7.01. The summed E-state index contributed by atoms with van der Waals surface area (Å²) in [6.07, 6.45) is 2.17. The Morgan fingerprint density at radius 3 is 2.53 bits per heavy atom. The van der Waals surface area contributed by atoms with Crippen molar-refractivity contribution in [1.82, 2.24) is 10.3 Å². The standard InChI is InChI=1S/C17H16FN3O3.C6H6FN/c1-11(22)20-9-14-10-21(17(23)24-14)13-2-3-15(16(18)8-13)12-4-6-19-7-5-12;7-5-2-1-3-6(8)4-5/h2-8,14H,9-10H2,1H3,(H,20,22);1-4H,8H2. The number of benzene rings is 2. The van der Waals surface area contributed by atoms with Gasteiger partial charge in [0.05, 0.1) is 18.8 Å². The lowest BCUT2D eigenvalue weighted by Crippen LogP contribution is -2.33. The molecule has 1 aliphatic heterocycles. The summed E-state index contributed by atoms with van der Waals surface area (Å²) in [6, 6.07) is 13.9. The first-order valence-corrected chi connectivity index (χ1v) is 9.77. The summed E-state index contributed by atoms with van der Waals surface area (Å²) in [5, 5.41) is 2.60. The van der Waals surface area contributed by atoms with Crippen molar-refractivity contribution < 1.29 is 23.1 Å². The first kappa shape index (κ1) is 22.7. The molecule has 166 valence electrons. The average molecular weight is 440 g/mol. The largest absolute Gasteiger partial charge is 0.442 e. The SMILES string of the molecule is CC(=O)NCC1CN(c2ccc(-c3ccncc3)c(F)c2)C(=O)O1.Nc1cccc(F)c1. The van der Waals surface area contributed by atoms with Gasteiger partial charge in [-0.3, -0.25) is 14.7 Å². The number of nitrogens with one attached hydrogen (secondary N) is 1. The number of pyridine rings is 1. The van der Waals surface area contributed by atoms with Gasteiger partial charge >= 0.3 is 6.09 Å². The summed E-state index contributed by atoms with van der Waals surface area (Å²) in [6.45, 7) is 1.88. The molecule has 2 amide bonds. The summed E-state index contributed by atoms with van der Waals surface area (Å²) in [5.41, 5.74) is 7.24. The first-order chi connectivity index (χ1) is 15.3. The zero-order valence-corrected chi connectivity index (χ0v) is 17.3. The summed E-state index contributed by atoms with van der Waals surface area (Å²) in [5.74, 6) is -0.918. The third-order valence-corrected chi connectivity index (χ3v) is 4.56. The minimum Gasteiger partial charge on any atom is -0.442 e. The number of ether oxygens (including phenoxy) is 1. The number of carbonyl (C=O) groups is 2. The van der Waals surface area contributed by atoms with E-state index >= 15 is 0 Å². The Morgan fingerprint density at radius 1 is 1.19 bits per heavy atom. The molecule has 0 saturated carbocycles. The normalized spacial score (nSPS) is 14.9. The van der Waals surface area contributed by atoms with Crippen molar-refractivity contribution in [2.75, 3.05) is 23.7 Å². The molecule has 1 unspecified atom stereocenters. The molecule has 1 fully saturated rings. The second kappa shape index (κ2) is 10.3. The van der Waals surface area contributed by atoms with Gasteiger partial charge in [-0.05, 0) is 54.1 Å². The Morgan fingerprint density at radius 2 is 1.94 bits per heavy atom. The molecule has 2 heterocycles. The van der Waals surface area contributed by atoms with Crippen LogP contribution < -0.4 is 16.0 Å². The van der Waals surface area contributed by atoms with E-state index < -0.39 is 18.0 Å². The molecule has 2 aromatic carbocycles. The fraction of sp³-hybridized carbons (Fsp3) is 0.174. The van der Waals surface area contributed by atoms with Gasteiger partial charge < -0.3 is 15.8 Å². The van der Waals surface area contributed by atoms with Crippen LogP contribution in [0.2, 0.25) is 0 Å². The molecule has 3 N–H and O–H groups in total. The van der Waals surface area contributed by atoms with Crippen LogP contribution in [0, 0.1) is 11.6 Å². The van der Waals surface area contributed by atoms with Crippen LogP contribution in [0.3, 0.4) is 0 Å². The molecule has 1 atom stereocenters. The first-order valence-electron chi connectivity index (χ1n) is 9.77. The monoisotopic (exact) mass is 440 g/mol. The van der Waals surface area contributed by atoms with E-state index in [0.29, 0.717) is 22.5 Å². The Labute approximate surface area is 183 Å². The smallest absolute Gasteiger partial charge is 0.414 e. The van der Waals surface area contributed by atoms with Crippen molar-refractivity contribution in [3.05, 3.63) is 78.6 Å². The number of anilines is 2. The van der Waals surface area contributed by atoms with Crippen molar-refractivity contribution in [2.24, 2.45) is 0 Å². The number of carbonyl (C=O) groups excluding carboxylic acids is 2. The van der Waals surface area contributed by atoms with Crippen LogP contribution >= 0.6 is 0 Å². The van der Waals surface area contributed by atoms with Crippen molar-refractivity contribution in [3.63, 3.8) is 0 Å². The van der Waals surface area contributed by atoms with Crippen LogP contribution in [0.4, 0.5) is 25.0 Å². The third-order valence-electron chi connectivity index (χ3n) is 4.56. The number of rotatable bonds is 4. The number of nitrogen functional groups attached to an aromatic ring is 1. The van der Waals surface area contributed by atoms with Gasteiger partial charge in [0.2, 0.25) is 5.91 Å². The molecule has 1 aromatic heterocycles. The third kappa shape index (κ3) is 6.00. The van der Waals surface area contributed by atoms with Gasteiger partial charge in [-0.2, -0.15) is 0 Å². The van der Waals surface area contributed by atoms with Gasteiger partial charge in [-0.1, -0.05) is 6.07 Å². The van der Waals surface area contributed by atoms with Crippen molar-refractivity contribution in [2.45, 2.75) is 13.0 Å². The van der Waals surface area contributed by atoms with Crippen molar-refractivity contribution in [3.8, 4) is 11.1 Å². The molecular formula is C23H22F2N4O3. The van der Waals surface area contributed by atoms with E-state index in [1.54, 1.807) is 48.8 Å². The van der Waals surface area contributed by atoms with Crippen molar-refractivity contribution >= 4 is 23.4 Å². The molecule has 0 aliphatic carbocycles. The fourth-order valence-corrected chi connectivity index (χ4v) is 3.04. The van der Waals surface area contributed by atoms with Crippen LogP contribution in [0.15, 0.2) is 67.0 Å². The van der Waals surface area contributed by atoms with Gasteiger partial charge in [0, 0.05) is 30.6 Å². The number of hydrogen-bond acceptors (Lipinski definition) is 5. The molecule has 32 heavy (non-hydrogen) atoms. The topological polar surface area (TPSA) is 97.5 Å². The number of nitrogens with two attached hydrogens (primary N) is 1. The number of amides is 2. The fourth-order valence-electron chi connectivity index (χ4n) is 3.04. The zero-order valence-electron chi connectivity index (χ0n) is 17.3. The number of cyclic esters (lactones) is 1. The van der Waals surface area contributed by atoms with Crippen LogP contribution in [-0.4, -0.2) is 36.2 Å². The van der Waals surface area contributed by atoms with Gasteiger partial charge in [0.25, 0.3) is 0 Å². The lowest BCUT2D eigenvalue weighted by Gasteiger charge is -2.14. The molecule has 7 nitrogen and oxygen atoms in total. The van der Waals surface area contributed by atoms with Gasteiger partial charge in [-0.25, -0.2) is 13.6 Å². The number of halogens is 2. The van der Waals surface area contributed by atoms with Crippen LogP contribution in [0.5, 0.6) is 0 Å². The Hall–Kier alpha value is -4.01. The van der Waals surface area contributed by atoms with Crippen LogP contribution in [-0.2, 0) is 9.53 Å². The molecule has 1 aliphatic rings. The highest BCUT2D eigenvalue weighted by atomic mass is 19.1. The molecule has 3 aromatic rings. The minimum atomic E-state index is -0.554. The molecule has 9 heteroatoms.